The topological polar surface area (TPSA) is 29.9 Å². The van der Waals surface area contributed by atoms with Gasteiger partial charge in [-0.15, -0.1) is 6.58 Å². The van der Waals surface area contributed by atoms with Crippen molar-refractivity contribution < 1.29 is 4.39 Å². The first kappa shape index (κ1) is 12.4. The predicted octanol–water partition coefficient (Wildman–Crippen LogP) is 3.23. The highest BCUT2D eigenvalue weighted by Crippen LogP contribution is 2.20. The molecule has 0 radical (unpaired) electrons. The molecule has 0 spiro atoms. The van der Waals surface area contributed by atoms with Crippen LogP contribution in [0.4, 0.5) is 10.3 Å². The molecule has 2 rings (SSSR count). The van der Waals surface area contributed by atoms with Gasteiger partial charge >= 0.3 is 0 Å². The van der Waals surface area contributed by atoms with Crippen molar-refractivity contribution in [2.75, 3.05) is 11.9 Å². The molecule has 4 heteroatoms. The Kier molecular flexibility index (Phi) is 3.46. The van der Waals surface area contributed by atoms with Crippen molar-refractivity contribution in [2.24, 2.45) is 0 Å². The number of nitrogens with zero attached hydrogens (tertiary/aromatic N) is 2. The van der Waals surface area contributed by atoms with E-state index in [9.17, 15) is 4.39 Å². The lowest BCUT2D eigenvalue weighted by molar-refractivity contribution is 0.626. The molecule has 0 aliphatic rings. The minimum Gasteiger partial charge on any atom is -0.352 e. The fourth-order valence-corrected chi connectivity index (χ4v) is 1.86. The van der Waals surface area contributed by atoms with E-state index in [1.54, 1.807) is 12.1 Å². The highest BCUT2D eigenvalue weighted by atomic mass is 19.1. The standard InChI is InChI=1S/C14H16FN3/c1-4-7-16-14-17-11(3)9-18(14)13-6-5-12(15)8-10(13)2/h4-6,8-9H,1,7H2,2-3H3,(H,16,17). The van der Waals surface area contributed by atoms with E-state index in [4.69, 9.17) is 0 Å². The second-order valence-electron chi connectivity index (χ2n) is 4.18. The van der Waals surface area contributed by atoms with Crippen LogP contribution < -0.4 is 5.32 Å². The molecule has 0 unspecified atom stereocenters. The number of benzene rings is 1. The Morgan fingerprint density at radius 1 is 1.44 bits per heavy atom. The Hall–Kier alpha value is -2.10. The summed E-state index contributed by atoms with van der Waals surface area (Å²) in [5.74, 6) is 0.510. The molecule has 0 atom stereocenters. The van der Waals surface area contributed by atoms with Gasteiger partial charge in [-0.1, -0.05) is 6.08 Å². The summed E-state index contributed by atoms with van der Waals surface area (Å²) in [5, 5.41) is 3.16. The van der Waals surface area contributed by atoms with Crippen LogP contribution in [0.15, 0.2) is 37.1 Å². The molecule has 0 saturated heterocycles. The Labute approximate surface area is 106 Å². The van der Waals surface area contributed by atoms with Crippen LogP contribution in [-0.2, 0) is 0 Å². The molecule has 0 aliphatic carbocycles. The molecule has 1 heterocycles. The Morgan fingerprint density at radius 3 is 2.89 bits per heavy atom. The third-order valence-corrected chi connectivity index (χ3v) is 2.65. The lowest BCUT2D eigenvalue weighted by Gasteiger charge is -2.11. The van der Waals surface area contributed by atoms with Crippen molar-refractivity contribution >= 4 is 5.95 Å². The van der Waals surface area contributed by atoms with E-state index in [0.29, 0.717) is 6.54 Å². The van der Waals surface area contributed by atoms with E-state index < -0.39 is 0 Å². The second-order valence-corrected chi connectivity index (χ2v) is 4.18. The zero-order valence-electron chi connectivity index (χ0n) is 10.6. The molecule has 94 valence electrons. The zero-order chi connectivity index (χ0) is 13.1. The zero-order valence-corrected chi connectivity index (χ0v) is 10.6. The van der Waals surface area contributed by atoms with Gasteiger partial charge in [0.2, 0.25) is 5.95 Å². The van der Waals surface area contributed by atoms with Gasteiger partial charge in [-0.25, -0.2) is 9.37 Å². The molecule has 0 aliphatic heterocycles. The van der Waals surface area contributed by atoms with Crippen LogP contribution in [0.5, 0.6) is 0 Å². The first-order valence-electron chi connectivity index (χ1n) is 5.79. The molecular weight excluding hydrogens is 229 g/mol. The number of anilines is 1. The van der Waals surface area contributed by atoms with Crippen LogP contribution in [0.25, 0.3) is 5.69 Å². The van der Waals surface area contributed by atoms with Crippen molar-refractivity contribution in [1.82, 2.24) is 9.55 Å². The maximum absolute atomic E-state index is 13.1. The summed E-state index contributed by atoms with van der Waals surface area (Å²) in [6.45, 7) is 8.11. The van der Waals surface area contributed by atoms with E-state index in [1.807, 2.05) is 24.6 Å². The third-order valence-electron chi connectivity index (χ3n) is 2.65. The van der Waals surface area contributed by atoms with Crippen molar-refractivity contribution in [2.45, 2.75) is 13.8 Å². The molecule has 0 saturated carbocycles. The maximum atomic E-state index is 13.1. The normalized spacial score (nSPS) is 10.4. The van der Waals surface area contributed by atoms with Crippen LogP contribution in [0, 0.1) is 19.7 Å². The van der Waals surface area contributed by atoms with Gasteiger partial charge in [-0.05, 0) is 37.6 Å². The van der Waals surface area contributed by atoms with Gasteiger partial charge in [0.15, 0.2) is 0 Å². The number of halogens is 1. The van der Waals surface area contributed by atoms with Gasteiger partial charge in [0.05, 0.1) is 11.4 Å². The maximum Gasteiger partial charge on any atom is 0.207 e. The predicted molar refractivity (Wildman–Crippen MR) is 71.7 cm³/mol. The fraction of sp³-hybridized carbons (Fsp3) is 0.214. The summed E-state index contributed by atoms with van der Waals surface area (Å²) in [4.78, 5) is 4.40. The van der Waals surface area contributed by atoms with Crippen molar-refractivity contribution in [3.05, 3.63) is 54.1 Å². The molecule has 1 aromatic heterocycles. The summed E-state index contributed by atoms with van der Waals surface area (Å²) in [6, 6.07) is 4.72. The fourth-order valence-electron chi connectivity index (χ4n) is 1.86. The van der Waals surface area contributed by atoms with E-state index in [0.717, 1.165) is 22.9 Å². The lowest BCUT2D eigenvalue weighted by Crippen LogP contribution is -2.06. The Balaban J connectivity index is 2.45. The van der Waals surface area contributed by atoms with Gasteiger partial charge in [-0.3, -0.25) is 4.57 Å². The van der Waals surface area contributed by atoms with Gasteiger partial charge in [0, 0.05) is 12.7 Å². The molecule has 18 heavy (non-hydrogen) atoms. The summed E-state index contributed by atoms with van der Waals surface area (Å²) < 4.78 is 15.0. The van der Waals surface area contributed by atoms with Crippen molar-refractivity contribution in [3.63, 3.8) is 0 Å². The quantitative estimate of drug-likeness (QED) is 0.838. The van der Waals surface area contributed by atoms with Crippen LogP contribution in [0.1, 0.15) is 11.3 Å². The van der Waals surface area contributed by atoms with Gasteiger partial charge in [0.1, 0.15) is 5.82 Å². The number of hydrogen-bond acceptors (Lipinski definition) is 2. The Morgan fingerprint density at radius 2 is 2.22 bits per heavy atom. The second kappa shape index (κ2) is 5.04. The summed E-state index contributed by atoms with van der Waals surface area (Å²) in [6.07, 6.45) is 3.69. The SMILES string of the molecule is C=CCNc1nc(C)cn1-c1ccc(F)cc1C. The average Bonchev–Trinajstić information content (AvgIpc) is 2.67. The summed E-state index contributed by atoms with van der Waals surface area (Å²) >= 11 is 0. The average molecular weight is 245 g/mol. The molecular formula is C14H16FN3. The van der Waals surface area contributed by atoms with Crippen LogP contribution in [0.3, 0.4) is 0 Å². The van der Waals surface area contributed by atoms with E-state index >= 15 is 0 Å². The minimum atomic E-state index is -0.228. The molecule has 0 amide bonds. The summed E-state index contributed by atoms with van der Waals surface area (Å²) in [7, 11) is 0. The van der Waals surface area contributed by atoms with Crippen LogP contribution in [-0.4, -0.2) is 16.1 Å². The van der Waals surface area contributed by atoms with Crippen molar-refractivity contribution in [3.8, 4) is 5.69 Å². The number of aryl methyl sites for hydroxylation is 2. The van der Waals surface area contributed by atoms with E-state index in [2.05, 4.69) is 16.9 Å². The van der Waals surface area contributed by atoms with Crippen LogP contribution >= 0.6 is 0 Å². The number of hydrogen-bond donors (Lipinski definition) is 1. The number of rotatable bonds is 4. The lowest BCUT2D eigenvalue weighted by atomic mass is 10.2. The largest absolute Gasteiger partial charge is 0.352 e. The monoisotopic (exact) mass is 245 g/mol. The third kappa shape index (κ3) is 2.42. The highest BCUT2D eigenvalue weighted by Gasteiger charge is 2.09. The first-order chi connectivity index (χ1) is 8.61. The van der Waals surface area contributed by atoms with Gasteiger partial charge < -0.3 is 5.32 Å². The first-order valence-corrected chi connectivity index (χ1v) is 5.79. The Bertz CT molecular complexity index is 572. The number of aromatic nitrogens is 2. The van der Waals surface area contributed by atoms with E-state index in [1.165, 1.54) is 12.1 Å². The van der Waals surface area contributed by atoms with Crippen molar-refractivity contribution in [1.29, 1.82) is 0 Å². The minimum absolute atomic E-state index is 0.228. The van der Waals surface area contributed by atoms with Gasteiger partial charge in [-0.2, -0.15) is 0 Å². The number of imidazole rings is 1. The van der Waals surface area contributed by atoms with E-state index in [-0.39, 0.29) is 5.82 Å². The number of nitrogens with one attached hydrogen (secondary N) is 1. The summed E-state index contributed by atoms with van der Waals surface area (Å²) in [5.41, 5.74) is 2.70. The molecule has 3 nitrogen and oxygen atoms in total. The molecule has 1 aromatic carbocycles. The molecule has 0 fully saturated rings. The smallest absolute Gasteiger partial charge is 0.207 e. The van der Waals surface area contributed by atoms with Crippen LogP contribution in [0.2, 0.25) is 0 Å². The van der Waals surface area contributed by atoms with Gasteiger partial charge in [0.25, 0.3) is 0 Å². The molecule has 2 aromatic rings. The molecule has 1 N–H and O–H groups in total. The highest BCUT2D eigenvalue weighted by molar-refractivity contribution is 5.48. The molecule has 0 bridgehead atoms.